The van der Waals surface area contributed by atoms with Gasteiger partial charge in [0.25, 0.3) is 0 Å². The molecular weight excluding hydrogens is 258 g/mol. The van der Waals surface area contributed by atoms with E-state index >= 15 is 0 Å². The van der Waals surface area contributed by atoms with Crippen molar-refractivity contribution in [3.63, 3.8) is 0 Å². The number of rotatable bonds is 3. The molecule has 0 aromatic heterocycles. The maximum Gasteiger partial charge on any atom is 0.0100 e. The quantitative estimate of drug-likeness (QED) is 0.730. The molecule has 0 radical (unpaired) electrons. The van der Waals surface area contributed by atoms with Crippen molar-refractivity contribution in [1.29, 1.82) is 0 Å². The summed E-state index contributed by atoms with van der Waals surface area (Å²) in [6.45, 7) is 4.00. The van der Waals surface area contributed by atoms with E-state index in [1.807, 2.05) is 0 Å². The second kappa shape index (κ2) is 5.22. The van der Waals surface area contributed by atoms with Gasteiger partial charge in [-0.3, -0.25) is 0 Å². The summed E-state index contributed by atoms with van der Waals surface area (Å²) in [5.41, 5.74) is 0.648. The van der Waals surface area contributed by atoms with E-state index in [0.29, 0.717) is 5.41 Å². The van der Waals surface area contributed by atoms with Crippen LogP contribution in [0.4, 0.5) is 0 Å². The average molecular weight is 278 g/mol. The van der Waals surface area contributed by atoms with E-state index in [4.69, 9.17) is 0 Å². The molecule has 1 heterocycles. The highest BCUT2D eigenvalue weighted by Crippen LogP contribution is 2.43. The van der Waals surface area contributed by atoms with Crippen molar-refractivity contribution in [2.45, 2.75) is 25.7 Å². The molecule has 1 aliphatic heterocycles. The number of thioether (sulfide) groups is 1. The van der Waals surface area contributed by atoms with Crippen molar-refractivity contribution in [1.82, 2.24) is 4.90 Å². The molecule has 1 nitrogen and oxygen atoms in total. The molecule has 0 bridgehead atoms. The van der Waals surface area contributed by atoms with Crippen LogP contribution in [0.2, 0.25) is 0 Å². The van der Waals surface area contributed by atoms with Gasteiger partial charge in [-0.05, 0) is 37.0 Å². The van der Waals surface area contributed by atoms with Crippen LogP contribution in [0.15, 0.2) is 0 Å². The van der Waals surface area contributed by atoms with Crippen molar-refractivity contribution < 1.29 is 0 Å². The second-order valence-corrected chi connectivity index (χ2v) is 6.51. The predicted octanol–water partition coefficient (Wildman–Crippen LogP) is 2.99. The van der Waals surface area contributed by atoms with E-state index in [0.717, 1.165) is 0 Å². The van der Waals surface area contributed by atoms with Gasteiger partial charge in [-0.2, -0.15) is 11.8 Å². The third-order valence-electron chi connectivity index (χ3n) is 3.57. The van der Waals surface area contributed by atoms with Gasteiger partial charge in [-0.1, -0.05) is 22.4 Å². The maximum atomic E-state index is 3.70. The molecule has 0 amide bonds. The van der Waals surface area contributed by atoms with E-state index < -0.39 is 0 Å². The van der Waals surface area contributed by atoms with E-state index in [1.54, 1.807) is 0 Å². The number of hydrogen-bond donors (Lipinski definition) is 0. The fourth-order valence-corrected chi connectivity index (χ4v) is 4.10. The molecule has 14 heavy (non-hydrogen) atoms. The molecule has 1 saturated heterocycles. The third-order valence-corrected chi connectivity index (χ3v) is 5.81. The number of nitrogens with zero attached hydrogens (tertiary/aromatic N) is 1. The fourth-order valence-electron chi connectivity index (χ4n) is 2.44. The highest BCUT2D eigenvalue weighted by atomic mass is 79.9. The zero-order valence-corrected chi connectivity index (χ0v) is 11.2. The van der Waals surface area contributed by atoms with Gasteiger partial charge in [0.15, 0.2) is 0 Å². The van der Waals surface area contributed by atoms with Gasteiger partial charge in [-0.25, -0.2) is 0 Å². The molecule has 2 aliphatic rings. The van der Waals surface area contributed by atoms with Crippen LogP contribution in [0.25, 0.3) is 0 Å². The van der Waals surface area contributed by atoms with Crippen molar-refractivity contribution in [2.75, 3.05) is 36.5 Å². The average Bonchev–Trinajstić information content (AvgIpc) is 2.39. The molecule has 0 spiro atoms. The molecule has 2 fully saturated rings. The molecule has 1 aliphatic carbocycles. The lowest BCUT2D eigenvalue weighted by atomic mass is 9.70. The molecule has 0 aromatic carbocycles. The van der Waals surface area contributed by atoms with Gasteiger partial charge < -0.3 is 4.90 Å². The molecule has 2 rings (SSSR count). The van der Waals surface area contributed by atoms with Crippen molar-refractivity contribution in [3.05, 3.63) is 0 Å². The Bertz CT molecular complexity index is 169. The van der Waals surface area contributed by atoms with Gasteiger partial charge >= 0.3 is 0 Å². The van der Waals surface area contributed by atoms with Crippen LogP contribution < -0.4 is 0 Å². The molecule has 82 valence electrons. The lowest BCUT2D eigenvalue weighted by Crippen LogP contribution is -2.44. The topological polar surface area (TPSA) is 3.24 Å². The normalized spacial score (nSPS) is 28.1. The largest absolute Gasteiger partial charge is 0.302 e. The van der Waals surface area contributed by atoms with E-state index in [2.05, 4.69) is 32.6 Å². The Labute approximate surface area is 100 Å². The highest BCUT2D eigenvalue weighted by Gasteiger charge is 2.37. The Morgan fingerprint density at radius 1 is 1.14 bits per heavy atom. The zero-order valence-electron chi connectivity index (χ0n) is 8.80. The Morgan fingerprint density at radius 2 is 2.00 bits per heavy atom. The Balaban J connectivity index is 1.82. The maximum absolute atomic E-state index is 3.70. The summed E-state index contributed by atoms with van der Waals surface area (Å²) in [6.07, 6.45) is 5.74. The van der Waals surface area contributed by atoms with Gasteiger partial charge in [0.1, 0.15) is 0 Å². The minimum absolute atomic E-state index is 0.648. The van der Waals surface area contributed by atoms with E-state index in [9.17, 15) is 0 Å². The number of hydrogen-bond acceptors (Lipinski definition) is 2. The smallest absolute Gasteiger partial charge is 0.0100 e. The second-order valence-electron chi connectivity index (χ2n) is 4.73. The summed E-state index contributed by atoms with van der Waals surface area (Å²) in [4.78, 5) is 2.69. The minimum atomic E-state index is 0.648. The molecule has 0 unspecified atom stereocenters. The van der Waals surface area contributed by atoms with Crippen molar-refractivity contribution >= 4 is 27.7 Å². The van der Waals surface area contributed by atoms with Crippen LogP contribution in [0, 0.1) is 5.41 Å². The highest BCUT2D eigenvalue weighted by molar-refractivity contribution is 9.09. The van der Waals surface area contributed by atoms with Crippen LogP contribution in [0.5, 0.6) is 0 Å². The molecule has 0 aromatic rings. The summed E-state index contributed by atoms with van der Waals surface area (Å²) in [5, 5.41) is 1.21. The molecule has 1 saturated carbocycles. The monoisotopic (exact) mass is 277 g/mol. The van der Waals surface area contributed by atoms with E-state index in [-0.39, 0.29) is 0 Å². The summed E-state index contributed by atoms with van der Waals surface area (Å²) in [6, 6.07) is 0. The summed E-state index contributed by atoms with van der Waals surface area (Å²) in [5.74, 6) is 2.72. The van der Waals surface area contributed by atoms with Crippen LogP contribution in [-0.4, -0.2) is 41.4 Å². The van der Waals surface area contributed by atoms with Crippen molar-refractivity contribution in [2.24, 2.45) is 5.41 Å². The SMILES string of the molecule is BrCC1(CN2CCCSCC2)CCC1. The Kier molecular flexibility index (Phi) is 4.21. The standard InChI is InChI=1S/C11H20BrNS/c12-9-11(3-1-4-11)10-13-5-2-7-14-8-6-13/h1-10H2. The minimum Gasteiger partial charge on any atom is -0.302 e. The first-order chi connectivity index (χ1) is 6.85. The lowest BCUT2D eigenvalue weighted by molar-refractivity contribution is 0.0958. The molecule has 3 heteroatoms. The van der Waals surface area contributed by atoms with Gasteiger partial charge in [0, 0.05) is 24.2 Å². The summed E-state index contributed by atoms with van der Waals surface area (Å²) < 4.78 is 0. The fraction of sp³-hybridized carbons (Fsp3) is 1.00. The predicted molar refractivity (Wildman–Crippen MR) is 68.5 cm³/mol. The van der Waals surface area contributed by atoms with Crippen LogP contribution >= 0.6 is 27.7 Å². The summed E-state index contributed by atoms with van der Waals surface area (Å²) >= 11 is 5.82. The van der Waals surface area contributed by atoms with E-state index in [1.165, 1.54) is 62.2 Å². The lowest BCUT2D eigenvalue weighted by Gasteiger charge is -2.44. The Hall–Kier alpha value is 0.790. The van der Waals surface area contributed by atoms with Crippen molar-refractivity contribution in [3.8, 4) is 0 Å². The van der Waals surface area contributed by atoms with Gasteiger partial charge in [0.2, 0.25) is 0 Å². The zero-order chi connectivity index (χ0) is 9.86. The van der Waals surface area contributed by atoms with Gasteiger partial charge in [0.05, 0.1) is 0 Å². The molecule has 0 N–H and O–H groups in total. The van der Waals surface area contributed by atoms with Crippen LogP contribution in [0.1, 0.15) is 25.7 Å². The third kappa shape index (κ3) is 2.67. The first-order valence-corrected chi connectivity index (χ1v) is 7.98. The van der Waals surface area contributed by atoms with Crippen LogP contribution in [0.3, 0.4) is 0 Å². The summed E-state index contributed by atoms with van der Waals surface area (Å²) in [7, 11) is 0. The number of halogens is 1. The first-order valence-electron chi connectivity index (χ1n) is 5.71. The van der Waals surface area contributed by atoms with Gasteiger partial charge in [-0.15, -0.1) is 0 Å². The first kappa shape index (κ1) is 11.3. The number of alkyl halides is 1. The van der Waals surface area contributed by atoms with Crippen LogP contribution in [-0.2, 0) is 0 Å². The Morgan fingerprint density at radius 3 is 2.64 bits per heavy atom. The molecular formula is C11H20BrNS. The molecule has 0 atom stereocenters.